The highest BCUT2D eigenvalue weighted by atomic mass is 35.5. The normalized spacial score (nSPS) is 10.4. The molecule has 0 aliphatic carbocycles. The van der Waals surface area contributed by atoms with E-state index in [9.17, 15) is 5.11 Å². The summed E-state index contributed by atoms with van der Waals surface area (Å²) in [6, 6.07) is 10.7. The van der Waals surface area contributed by atoms with Crippen molar-refractivity contribution in [3.63, 3.8) is 0 Å². The second kappa shape index (κ2) is 4.36. The van der Waals surface area contributed by atoms with Crippen molar-refractivity contribution in [3.05, 3.63) is 52.0 Å². The summed E-state index contributed by atoms with van der Waals surface area (Å²) >= 11 is 12.1. The van der Waals surface area contributed by atoms with E-state index in [2.05, 4.69) is 0 Å². The predicted molar refractivity (Wildman–Crippen MR) is 68.3 cm³/mol. The fourth-order valence-corrected chi connectivity index (χ4v) is 1.96. The number of phenolic OH excluding ortho intramolecular Hbond substituents is 1. The van der Waals surface area contributed by atoms with Crippen LogP contribution in [0.3, 0.4) is 0 Å². The third-order valence-electron chi connectivity index (χ3n) is 2.44. The smallest absolute Gasteiger partial charge is 0.123 e. The van der Waals surface area contributed by atoms with Crippen molar-refractivity contribution in [1.29, 1.82) is 0 Å². The van der Waals surface area contributed by atoms with Crippen molar-refractivity contribution in [1.82, 2.24) is 0 Å². The monoisotopic (exact) mass is 252 g/mol. The van der Waals surface area contributed by atoms with Gasteiger partial charge in [0.15, 0.2) is 0 Å². The second-order valence-electron chi connectivity index (χ2n) is 3.60. The molecule has 0 fully saturated rings. The molecule has 0 aromatic heterocycles. The fourth-order valence-electron chi connectivity index (χ4n) is 1.56. The molecule has 0 saturated carbocycles. The second-order valence-corrected chi connectivity index (χ2v) is 4.41. The first-order chi connectivity index (χ1) is 7.59. The minimum atomic E-state index is 0.190. The average molecular weight is 253 g/mol. The standard InChI is InChI=1S/C13H10Cl2O/c1-8-6-13(16)10(7-12(8)15)9-4-2-3-5-11(9)14/h2-7,16H,1H3. The van der Waals surface area contributed by atoms with Crippen LogP contribution in [0, 0.1) is 6.92 Å². The van der Waals surface area contributed by atoms with E-state index in [-0.39, 0.29) is 5.75 Å². The SMILES string of the molecule is Cc1cc(O)c(-c2ccccc2Cl)cc1Cl. The number of benzene rings is 2. The Morgan fingerprint density at radius 1 is 0.938 bits per heavy atom. The van der Waals surface area contributed by atoms with Gasteiger partial charge in [0.25, 0.3) is 0 Å². The van der Waals surface area contributed by atoms with Crippen molar-refractivity contribution in [3.8, 4) is 16.9 Å². The van der Waals surface area contributed by atoms with Crippen molar-refractivity contribution >= 4 is 23.2 Å². The van der Waals surface area contributed by atoms with E-state index in [1.54, 1.807) is 18.2 Å². The van der Waals surface area contributed by atoms with Crippen LogP contribution >= 0.6 is 23.2 Å². The number of halogens is 2. The Hall–Kier alpha value is -1.18. The molecule has 0 bridgehead atoms. The molecule has 3 heteroatoms. The Bertz CT molecular complexity index is 535. The highest BCUT2D eigenvalue weighted by Crippen LogP contribution is 2.37. The first kappa shape index (κ1) is 11.3. The molecule has 0 aliphatic rings. The fraction of sp³-hybridized carbons (Fsp3) is 0.0769. The molecule has 16 heavy (non-hydrogen) atoms. The van der Waals surface area contributed by atoms with Gasteiger partial charge < -0.3 is 5.11 Å². The Kier molecular flexibility index (Phi) is 3.08. The van der Waals surface area contributed by atoms with Crippen LogP contribution in [0.1, 0.15) is 5.56 Å². The Morgan fingerprint density at radius 2 is 1.62 bits per heavy atom. The maximum atomic E-state index is 9.88. The summed E-state index contributed by atoms with van der Waals surface area (Å²) in [4.78, 5) is 0. The maximum Gasteiger partial charge on any atom is 0.123 e. The van der Waals surface area contributed by atoms with Gasteiger partial charge in [-0.25, -0.2) is 0 Å². The lowest BCUT2D eigenvalue weighted by molar-refractivity contribution is 0.477. The molecule has 82 valence electrons. The lowest BCUT2D eigenvalue weighted by atomic mass is 10.0. The topological polar surface area (TPSA) is 20.2 Å². The molecule has 0 radical (unpaired) electrons. The number of rotatable bonds is 1. The number of hydrogen-bond donors (Lipinski definition) is 1. The van der Waals surface area contributed by atoms with Crippen LogP contribution in [0.4, 0.5) is 0 Å². The summed E-state index contributed by atoms with van der Waals surface area (Å²) in [5.74, 6) is 0.190. The molecule has 0 unspecified atom stereocenters. The first-order valence-electron chi connectivity index (χ1n) is 4.83. The highest BCUT2D eigenvalue weighted by molar-refractivity contribution is 6.34. The third kappa shape index (κ3) is 2.01. The van der Waals surface area contributed by atoms with Crippen LogP contribution in [0.15, 0.2) is 36.4 Å². The average Bonchev–Trinajstić information content (AvgIpc) is 2.25. The van der Waals surface area contributed by atoms with Crippen molar-refractivity contribution in [2.75, 3.05) is 0 Å². The zero-order chi connectivity index (χ0) is 11.7. The molecule has 0 heterocycles. The molecule has 0 saturated heterocycles. The summed E-state index contributed by atoms with van der Waals surface area (Å²) in [5, 5.41) is 11.1. The van der Waals surface area contributed by atoms with Gasteiger partial charge in [0.1, 0.15) is 5.75 Å². The molecule has 1 N–H and O–H groups in total. The Balaban J connectivity index is 2.65. The first-order valence-corrected chi connectivity index (χ1v) is 5.59. The molecule has 0 spiro atoms. The van der Waals surface area contributed by atoms with Crippen molar-refractivity contribution in [2.24, 2.45) is 0 Å². The van der Waals surface area contributed by atoms with E-state index >= 15 is 0 Å². The summed E-state index contributed by atoms with van der Waals surface area (Å²) in [7, 11) is 0. The van der Waals surface area contributed by atoms with Gasteiger partial charge in [-0.1, -0.05) is 41.4 Å². The third-order valence-corrected chi connectivity index (χ3v) is 3.18. The number of hydrogen-bond acceptors (Lipinski definition) is 1. The van der Waals surface area contributed by atoms with Gasteiger partial charge in [0.2, 0.25) is 0 Å². The zero-order valence-corrected chi connectivity index (χ0v) is 10.2. The molecule has 2 rings (SSSR count). The predicted octanol–water partition coefficient (Wildman–Crippen LogP) is 4.67. The lowest BCUT2D eigenvalue weighted by Crippen LogP contribution is -1.83. The molecule has 1 nitrogen and oxygen atoms in total. The van der Waals surface area contributed by atoms with Gasteiger partial charge in [0, 0.05) is 21.2 Å². The quantitative estimate of drug-likeness (QED) is 0.782. The molecule has 0 atom stereocenters. The molecular formula is C13H10Cl2O. The summed E-state index contributed by atoms with van der Waals surface area (Å²) < 4.78 is 0. The van der Waals surface area contributed by atoms with Gasteiger partial charge in [-0.2, -0.15) is 0 Å². The summed E-state index contributed by atoms with van der Waals surface area (Å²) in [5.41, 5.74) is 2.28. The molecular weight excluding hydrogens is 243 g/mol. The van der Waals surface area contributed by atoms with Crippen molar-refractivity contribution < 1.29 is 5.11 Å². The van der Waals surface area contributed by atoms with E-state index in [0.29, 0.717) is 15.6 Å². The van der Waals surface area contributed by atoms with E-state index in [4.69, 9.17) is 23.2 Å². The zero-order valence-electron chi connectivity index (χ0n) is 8.67. The Morgan fingerprint density at radius 3 is 2.31 bits per heavy atom. The highest BCUT2D eigenvalue weighted by Gasteiger charge is 2.10. The van der Waals surface area contributed by atoms with Gasteiger partial charge >= 0.3 is 0 Å². The summed E-state index contributed by atoms with van der Waals surface area (Å²) in [6.45, 7) is 1.85. The molecule has 0 amide bonds. The van der Waals surface area contributed by atoms with Crippen LogP contribution in [0.5, 0.6) is 5.75 Å². The number of phenols is 1. The van der Waals surface area contributed by atoms with Gasteiger partial charge in [-0.3, -0.25) is 0 Å². The largest absolute Gasteiger partial charge is 0.507 e. The lowest BCUT2D eigenvalue weighted by Gasteiger charge is -2.09. The number of aromatic hydroxyl groups is 1. The van der Waals surface area contributed by atoms with Gasteiger partial charge in [-0.05, 0) is 30.7 Å². The van der Waals surface area contributed by atoms with E-state index < -0.39 is 0 Å². The molecule has 2 aromatic rings. The van der Waals surface area contributed by atoms with Gasteiger partial charge in [-0.15, -0.1) is 0 Å². The van der Waals surface area contributed by atoms with Crippen molar-refractivity contribution in [2.45, 2.75) is 6.92 Å². The van der Waals surface area contributed by atoms with Crippen LogP contribution in [-0.2, 0) is 0 Å². The molecule has 0 aliphatic heterocycles. The minimum Gasteiger partial charge on any atom is -0.507 e. The minimum absolute atomic E-state index is 0.190. The number of aryl methyl sites for hydroxylation is 1. The maximum absolute atomic E-state index is 9.88. The molecule has 2 aromatic carbocycles. The van der Waals surface area contributed by atoms with Crippen LogP contribution < -0.4 is 0 Å². The van der Waals surface area contributed by atoms with E-state index in [0.717, 1.165) is 11.1 Å². The van der Waals surface area contributed by atoms with Gasteiger partial charge in [0.05, 0.1) is 0 Å². The summed E-state index contributed by atoms with van der Waals surface area (Å²) in [6.07, 6.45) is 0. The van der Waals surface area contributed by atoms with Crippen LogP contribution in [0.25, 0.3) is 11.1 Å². The van der Waals surface area contributed by atoms with Crippen LogP contribution in [-0.4, -0.2) is 5.11 Å². The Labute approximate surface area is 104 Å². The van der Waals surface area contributed by atoms with E-state index in [1.165, 1.54) is 0 Å². The van der Waals surface area contributed by atoms with E-state index in [1.807, 2.05) is 25.1 Å². The van der Waals surface area contributed by atoms with Crippen LogP contribution in [0.2, 0.25) is 10.0 Å².